The molecule has 0 saturated carbocycles. The molecule has 1 aromatic rings. The van der Waals surface area contributed by atoms with Crippen molar-refractivity contribution in [2.45, 2.75) is 71.5 Å². The Labute approximate surface area is 140 Å². The van der Waals surface area contributed by atoms with Crippen LogP contribution in [0.5, 0.6) is 0 Å². The van der Waals surface area contributed by atoms with Crippen LogP contribution in [-0.2, 0) is 22.3 Å². The predicted octanol–water partition coefficient (Wildman–Crippen LogP) is 1.42. The van der Waals surface area contributed by atoms with E-state index >= 15 is 0 Å². The molecule has 0 aromatic carbocycles. The maximum absolute atomic E-state index is 9.26. The van der Waals surface area contributed by atoms with Crippen LogP contribution in [-0.4, -0.2) is 36.2 Å². The van der Waals surface area contributed by atoms with Crippen LogP contribution in [0.4, 0.5) is 0 Å². The van der Waals surface area contributed by atoms with Gasteiger partial charge in [0.15, 0.2) is 0 Å². The van der Waals surface area contributed by atoms with E-state index < -0.39 is 8.07 Å². The van der Waals surface area contributed by atoms with E-state index in [-0.39, 0.29) is 24.2 Å². The van der Waals surface area contributed by atoms with Crippen molar-refractivity contribution in [1.29, 1.82) is 5.26 Å². The van der Waals surface area contributed by atoms with E-state index in [2.05, 4.69) is 53.4 Å². The minimum Gasteiger partial charge on any atom is -0.399 e. The molecule has 3 heterocycles. The van der Waals surface area contributed by atoms with Crippen LogP contribution in [0, 0.1) is 17.2 Å². The van der Waals surface area contributed by atoms with Gasteiger partial charge in [0.2, 0.25) is 0 Å². The molecule has 124 valence electrons. The van der Waals surface area contributed by atoms with Gasteiger partial charge in [-0.25, -0.2) is 0 Å². The Morgan fingerprint density at radius 2 is 1.78 bits per heavy atom. The standard InChI is InChI=1S/C16H26BN3O2Si/c1-15(2)16(3,4)22-17(21-15)13-12-8-11(9-18)10-20(12)19-14(13)23(5,6)7/h11H,8,10H2,1-7H3/t11-/m0/s1. The van der Waals surface area contributed by atoms with Crippen LogP contribution in [0.2, 0.25) is 19.6 Å². The van der Waals surface area contributed by atoms with Crippen molar-refractivity contribution in [1.82, 2.24) is 9.78 Å². The molecule has 1 saturated heterocycles. The summed E-state index contributed by atoms with van der Waals surface area (Å²) in [7, 11) is -2.02. The zero-order chi connectivity index (χ0) is 17.2. The maximum Gasteiger partial charge on any atom is 0.498 e. The van der Waals surface area contributed by atoms with E-state index in [1.165, 1.54) is 0 Å². The molecule has 0 bridgehead atoms. The van der Waals surface area contributed by atoms with Crippen molar-refractivity contribution < 1.29 is 9.31 Å². The van der Waals surface area contributed by atoms with Gasteiger partial charge < -0.3 is 9.31 Å². The third kappa shape index (κ3) is 2.57. The number of hydrogen-bond acceptors (Lipinski definition) is 4. The lowest BCUT2D eigenvalue weighted by atomic mass is 9.78. The molecule has 23 heavy (non-hydrogen) atoms. The first-order valence-corrected chi connectivity index (χ1v) is 11.8. The quantitative estimate of drug-likeness (QED) is 0.769. The highest BCUT2D eigenvalue weighted by atomic mass is 28.3. The highest BCUT2D eigenvalue weighted by molar-refractivity contribution is 6.92. The number of aromatic nitrogens is 2. The van der Waals surface area contributed by atoms with E-state index in [9.17, 15) is 5.26 Å². The van der Waals surface area contributed by atoms with Crippen LogP contribution in [0.25, 0.3) is 0 Å². The fourth-order valence-electron chi connectivity index (χ4n) is 3.23. The number of nitrogens with zero attached hydrogens (tertiary/aromatic N) is 3. The van der Waals surface area contributed by atoms with Crippen molar-refractivity contribution in [3.8, 4) is 6.07 Å². The average Bonchev–Trinajstić information content (AvgIpc) is 2.97. The summed E-state index contributed by atoms with van der Waals surface area (Å²) in [6.45, 7) is 15.9. The summed E-state index contributed by atoms with van der Waals surface area (Å²) in [4.78, 5) is 0. The molecule has 1 fully saturated rings. The molecule has 2 aliphatic rings. The lowest BCUT2D eigenvalue weighted by Crippen LogP contribution is -2.54. The molecule has 7 heteroatoms. The molecule has 0 N–H and O–H groups in total. The molecule has 1 atom stereocenters. The highest BCUT2D eigenvalue weighted by Crippen LogP contribution is 2.37. The topological polar surface area (TPSA) is 60.1 Å². The Balaban J connectivity index is 2.08. The van der Waals surface area contributed by atoms with Crippen LogP contribution >= 0.6 is 0 Å². The summed E-state index contributed by atoms with van der Waals surface area (Å²) in [6.07, 6.45) is 0.743. The third-order valence-electron chi connectivity index (χ3n) is 5.31. The van der Waals surface area contributed by atoms with Gasteiger partial charge in [-0.2, -0.15) is 10.4 Å². The van der Waals surface area contributed by atoms with Gasteiger partial charge >= 0.3 is 7.12 Å². The fraction of sp³-hybridized carbons (Fsp3) is 0.750. The summed E-state index contributed by atoms with van der Waals surface area (Å²) in [5.41, 5.74) is 1.50. The Morgan fingerprint density at radius 1 is 1.22 bits per heavy atom. The average molecular weight is 331 g/mol. The van der Waals surface area contributed by atoms with Gasteiger partial charge in [0.25, 0.3) is 0 Å². The van der Waals surface area contributed by atoms with Crippen LogP contribution in [0.1, 0.15) is 33.4 Å². The number of hydrogen-bond donors (Lipinski definition) is 0. The molecule has 1 aromatic heterocycles. The normalized spacial score (nSPS) is 25.5. The second-order valence-electron chi connectivity index (χ2n) is 8.76. The van der Waals surface area contributed by atoms with Gasteiger partial charge in [-0.05, 0) is 27.7 Å². The largest absolute Gasteiger partial charge is 0.498 e. The predicted molar refractivity (Wildman–Crippen MR) is 93.7 cm³/mol. The molecule has 5 nitrogen and oxygen atoms in total. The summed E-state index contributed by atoms with van der Waals surface area (Å²) in [6, 6.07) is 2.37. The fourth-order valence-corrected chi connectivity index (χ4v) is 4.72. The van der Waals surface area contributed by atoms with Gasteiger partial charge in [0.1, 0.15) is 8.07 Å². The first kappa shape index (κ1) is 16.7. The second kappa shape index (κ2) is 4.95. The van der Waals surface area contributed by atoms with E-state index in [1.54, 1.807) is 0 Å². The first-order valence-electron chi connectivity index (χ1n) is 8.31. The zero-order valence-electron chi connectivity index (χ0n) is 15.2. The van der Waals surface area contributed by atoms with Gasteiger partial charge in [0.05, 0.1) is 29.7 Å². The number of rotatable bonds is 2. The van der Waals surface area contributed by atoms with Crippen molar-refractivity contribution in [2.24, 2.45) is 5.92 Å². The molecule has 2 aliphatic heterocycles. The van der Waals surface area contributed by atoms with Gasteiger partial charge in [-0.1, -0.05) is 19.6 Å². The van der Waals surface area contributed by atoms with Crippen molar-refractivity contribution >= 4 is 26.0 Å². The lowest BCUT2D eigenvalue weighted by molar-refractivity contribution is 0.00578. The number of nitriles is 1. The Bertz CT molecular complexity index is 669. The SMILES string of the molecule is CC1(C)OB(c2c([Si](C)(C)C)nn3c2C[C@@H](C#N)C3)OC1(C)C. The molecule has 0 aliphatic carbocycles. The smallest absolute Gasteiger partial charge is 0.399 e. The van der Waals surface area contributed by atoms with Gasteiger partial charge in [0, 0.05) is 22.9 Å². The summed E-state index contributed by atoms with van der Waals surface area (Å²) >= 11 is 0. The van der Waals surface area contributed by atoms with Gasteiger partial charge in [-0.15, -0.1) is 0 Å². The van der Waals surface area contributed by atoms with E-state index in [4.69, 9.17) is 14.4 Å². The molecule has 0 radical (unpaired) electrons. The van der Waals surface area contributed by atoms with E-state index in [0.29, 0.717) is 6.54 Å². The van der Waals surface area contributed by atoms with Crippen molar-refractivity contribution in [2.75, 3.05) is 0 Å². The Morgan fingerprint density at radius 3 is 2.26 bits per heavy atom. The van der Waals surface area contributed by atoms with E-state index in [1.807, 2.05) is 4.68 Å². The maximum atomic E-state index is 9.26. The van der Waals surface area contributed by atoms with Crippen molar-refractivity contribution in [3.63, 3.8) is 0 Å². The molecule has 0 amide bonds. The Hall–Kier alpha value is -1.10. The number of fused-ring (bicyclic) bond motifs is 1. The second-order valence-corrected chi connectivity index (χ2v) is 13.7. The Kier molecular flexibility index (Phi) is 3.60. The van der Waals surface area contributed by atoms with Crippen LogP contribution in [0.15, 0.2) is 0 Å². The zero-order valence-corrected chi connectivity index (χ0v) is 16.2. The molecule has 0 spiro atoms. The molecular formula is C16H26BN3O2Si. The van der Waals surface area contributed by atoms with Crippen molar-refractivity contribution in [3.05, 3.63) is 5.69 Å². The lowest BCUT2D eigenvalue weighted by Gasteiger charge is -2.32. The monoisotopic (exact) mass is 331 g/mol. The first-order chi connectivity index (χ1) is 10.5. The summed E-state index contributed by atoms with van der Waals surface area (Å²) < 4.78 is 14.6. The minimum absolute atomic E-state index is 0.00867. The van der Waals surface area contributed by atoms with Gasteiger partial charge in [-0.3, -0.25) is 4.68 Å². The minimum atomic E-state index is -1.64. The highest BCUT2D eigenvalue weighted by Gasteiger charge is 2.54. The summed E-state index contributed by atoms with van der Waals surface area (Å²) in [5, 5.41) is 15.3. The van der Waals surface area contributed by atoms with Crippen LogP contribution in [0.3, 0.4) is 0 Å². The van der Waals surface area contributed by atoms with Crippen LogP contribution < -0.4 is 10.8 Å². The molecule has 0 unspecified atom stereocenters. The molecule has 3 rings (SSSR count). The van der Waals surface area contributed by atoms with E-state index in [0.717, 1.165) is 22.9 Å². The summed E-state index contributed by atoms with van der Waals surface area (Å²) in [5.74, 6) is 0.00867. The molecular weight excluding hydrogens is 305 g/mol. The third-order valence-corrected chi connectivity index (χ3v) is 7.10.